The first-order valence-electron chi connectivity index (χ1n) is 12.9. The number of hydrogen-bond donors (Lipinski definition) is 2. The molecular formula is C29H25N5O6S. The number of carboxylic acid groups (broad SMARTS) is 1. The highest BCUT2D eigenvalue weighted by molar-refractivity contribution is 7.18. The standard InChI is InChI=1S/C29H25N5O6S/c1-14-21(25(29(39)40)34-24(14)22(15(2)35)27(34)38)19-11-33-13-31-23(28(33)41-19)26(37)18-8-17(16-6-4-3-5-7-16)9-32(10-18)12-20(30)36/h3-11,13-15,22,24,35H,12H2,1-2H3,(H2-,30,36,39,40)/t14-,15+,22+,24+/m0/s1. The smallest absolute Gasteiger partial charge is 0.283 e. The van der Waals surface area contributed by atoms with Gasteiger partial charge in [-0.05, 0) is 18.6 Å². The second kappa shape index (κ2) is 9.75. The molecule has 3 aromatic heterocycles. The van der Waals surface area contributed by atoms with Gasteiger partial charge in [-0.25, -0.2) is 4.98 Å². The summed E-state index contributed by atoms with van der Waals surface area (Å²) in [6, 6.07) is 10.6. The van der Waals surface area contributed by atoms with Crippen molar-refractivity contribution in [1.82, 2.24) is 14.3 Å². The van der Waals surface area contributed by atoms with E-state index < -0.39 is 41.6 Å². The predicted octanol–water partition coefficient (Wildman–Crippen LogP) is 0.385. The SMILES string of the molecule is C[C@@H](O)[C@H]1C(=O)N2C(C(=O)[O-])=C(c3cn4cnc(C(=O)c5cc(-c6ccccc6)c[n+](CC(N)=O)c5)c4s3)[C@H](C)[C@H]12. The number of pyridine rings is 1. The van der Waals surface area contributed by atoms with E-state index in [2.05, 4.69) is 4.98 Å². The number of aliphatic hydroxyl groups is 1. The lowest BCUT2D eigenvalue weighted by atomic mass is 9.77. The van der Waals surface area contributed by atoms with E-state index >= 15 is 0 Å². The molecule has 2 aliphatic heterocycles. The maximum atomic E-state index is 13.8. The van der Waals surface area contributed by atoms with Gasteiger partial charge in [-0.3, -0.25) is 18.8 Å². The summed E-state index contributed by atoms with van der Waals surface area (Å²) in [6.45, 7) is 3.21. The summed E-state index contributed by atoms with van der Waals surface area (Å²) in [5, 5.41) is 22.3. The van der Waals surface area contributed by atoms with Gasteiger partial charge in [0, 0.05) is 23.3 Å². The number of carbonyl (C=O) groups is 4. The zero-order valence-corrected chi connectivity index (χ0v) is 22.9. The summed E-state index contributed by atoms with van der Waals surface area (Å²) in [5.41, 5.74) is 7.64. The molecule has 11 nitrogen and oxygen atoms in total. The van der Waals surface area contributed by atoms with Gasteiger partial charge in [-0.2, -0.15) is 4.57 Å². The molecule has 0 bridgehead atoms. The number of ketones is 1. The molecule has 2 aliphatic rings. The molecule has 5 heterocycles. The summed E-state index contributed by atoms with van der Waals surface area (Å²) in [4.78, 5) is 57.0. The molecule has 0 unspecified atom stereocenters. The molecule has 12 heteroatoms. The first-order chi connectivity index (χ1) is 19.6. The summed E-state index contributed by atoms with van der Waals surface area (Å²) >= 11 is 1.18. The van der Waals surface area contributed by atoms with Crippen molar-refractivity contribution in [2.24, 2.45) is 17.6 Å². The number of nitrogens with two attached hydrogens (primary N) is 1. The van der Waals surface area contributed by atoms with Crippen LogP contribution in [0, 0.1) is 11.8 Å². The third-order valence-electron chi connectivity index (χ3n) is 7.69. The van der Waals surface area contributed by atoms with Gasteiger partial charge in [0.25, 0.3) is 5.91 Å². The minimum absolute atomic E-state index is 0.120. The lowest BCUT2D eigenvalue weighted by Crippen LogP contribution is -2.64. The largest absolute Gasteiger partial charge is 0.543 e. The molecule has 3 N–H and O–H groups in total. The summed E-state index contributed by atoms with van der Waals surface area (Å²) < 4.78 is 3.20. The average molecular weight is 572 g/mol. The number of benzene rings is 1. The number of β-lactam (4-membered cyclic amide) rings is 1. The summed E-state index contributed by atoms with van der Waals surface area (Å²) in [7, 11) is 0. The van der Waals surface area contributed by atoms with Crippen molar-refractivity contribution in [3.8, 4) is 11.1 Å². The van der Waals surface area contributed by atoms with Crippen LogP contribution in [0.5, 0.6) is 0 Å². The van der Waals surface area contributed by atoms with E-state index in [4.69, 9.17) is 5.73 Å². The van der Waals surface area contributed by atoms with Gasteiger partial charge in [0.15, 0.2) is 12.4 Å². The van der Waals surface area contributed by atoms with E-state index in [9.17, 15) is 29.4 Å². The number of amides is 2. The van der Waals surface area contributed by atoms with Crippen molar-refractivity contribution in [3.05, 3.63) is 83.1 Å². The lowest BCUT2D eigenvalue weighted by Gasteiger charge is -2.47. The molecule has 1 saturated heterocycles. The van der Waals surface area contributed by atoms with E-state index in [1.165, 1.54) is 29.5 Å². The fraction of sp³-hybridized carbons (Fsp3) is 0.241. The number of aromatic nitrogens is 3. The number of hydrogen-bond acceptors (Lipinski definition) is 8. The number of rotatable bonds is 8. The zero-order valence-electron chi connectivity index (χ0n) is 22.1. The minimum Gasteiger partial charge on any atom is -0.543 e. The second-order valence-corrected chi connectivity index (χ2v) is 11.4. The van der Waals surface area contributed by atoms with Crippen LogP contribution in [-0.4, -0.2) is 55.1 Å². The van der Waals surface area contributed by atoms with Gasteiger partial charge in [0.2, 0.25) is 18.2 Å². The number of primary amides is 1. The topological polar surface area (TPSA) is 162 Å². The second-order valence-electron chi connectivity index (χ2n) is 10.4. The van der Waals surface area contributed by atoms with E-state index in [1.807, 2.05) is 37.3 Å². The molecular weight excluding hydrogens is 546 g/mol. The summed E-state index contributed by atoms with van der Waals surface area (Å²) in [6.07, 6.45) is 5.51. The van der Waals surface area contributed by atoms with E-state index in [0.29, 0.717) is 26.4 Å². The van der Waals surface area contributed by atoms with Crippen LogP contribution in [0.3, 0.4) is 0 Å². The van der Waals surface area contributed by atoms with Crippen LogP contribution in [0.15, 0.2) is 67.0 Å². The number of carboxylic acids is 1. The van der Waals surface area contributed by atoms with Crippen LogP contribution in [0.4, 0.5) is 0 Å². The monoisotopic (exact) mass is 571 g/mol. The van der Waals surface area contributed by atoms with Gasteiger partial charge < -0.3 is 25.6 Å². The Balaban J connectivity index is 1.42. The van der Waals surface area contributed by atoms with Crippen molar-refractivity contribution >= 4 is 45.3 Å². The molecule has 2 amide bonds. The molecule has 4 atom stereocenters. The van der Waals surface area contributed by atoms with E-state index in [1.54, 1.807) is 33.6 Å². The van der Waals surface area contributed by atoms with Crippen LogP contribution in [0.1, 0.15) is 34.8 Å². The number of imidazole rings is 1. The molecule has 4 aromatic rings. The molecule has 208 valence electrons. The molecule has 1 fully saturated rings. The number of carbonyl (C=O) groups excluding carboxylic acids is 4. The quantitative estimate of drug-likeness (QED) is 0.176. The van der Waals surface area contributed by atoms with Crippen LogP contribution >= 0.6 is 11.3 Å². The average Bonchev–Trinajstić information content (AvgIpc) is 3.58. The van der Waals surface area contributed by atoms with Gasteiger partial charge in [-0.15, -0.1) is 11.3 Å². The lowest BCUT2D eigenvalue weighted by molar-refractivity contribution is -0.683. The highest BCUT2D eigenvalue weighted by atomic mass is 32.1. The third-order valence-corrected chi connectivity index (χ3v) is 8.83. The Morgan fingerprint density at radius 3 is 2.59 bits per heavy atom. The molecule has 1 aromatic carbocycles. The van der Waals surface area contributed by atoms with E-state index in [-0.39, 0.29) is 23.9 Å². The van der Waals surface area contributed by atoms with Gasteiger partial charge in [-0.1, -0.05) is 37.3 Å². The van der Waals surface area contributed by atoms with Crippen molar-refractivity contribution in [2.75, 3.05) is 0 Å². The number of nitrogens with zero attached hydrogens (tertiary/aromatic N) is 4. The maximum Gasteiger partial charge on any atom is 0.283 e. The number of aliphatic carboxylic acids is 1. The Labute approximate surface area is 237 Å². The van der Waals surface area contributed by atoms with Gasteiger partial charge in [0.1, 0.15) is 16.9 Å². The third kappa shape index (κ3) is 4.23. The Kier molecular flexibility index (Phi) is 6.31. The highest BCUT2D eigenvalue weighted by Crippen LogP contribution is 2.51. The van der Waals surface area contributed by atoms with Gasteiger partial charge in [0.05, 0.1) is 40.2 Å². The van der Waals surface area contributed by atoms with Crippen molar-refractivity contribution < 1.29 is 34.0 Å². The van der Waals surface area contributed by atoms with Crippen molar-refractivity contribution in [2.45, 2.75) is 32.5 Å². The Morgan fingerprint density at radius 2 is 1.93 bits per heavy atom. The molecule has 0 radical (unpaired) electrons. The van der Waals surface area contributed by atoms with E-state index in [0.717, 1.165) is 5.56 Å². The number of thiazole rings is 1. The zero-order chi connectivity index (χ0) is 29.2. The Morgan fingerprint density at radius 1 is 1.20 bits per heavy atom. The fourth-order valence-electron chi connectivity index (χ4n) is 5.92. The molecule has 0 spiro atoms. The number of aliphatic hydroxyl groups excluding tert-OH is 1. The van der Waals surface area contributed by atoms with Crippen LogP contribution < -0.4 is 15.4 Å². The normalized spacial score (nSPS) is 20.7. The predicted molar refractivity (Wildman–Crippen MR) is 145 cm³/mol. The minimum atomic E-state index is -1.48. The molecule has 0 saturated carbocycles. The Hall–Kier alpha value is -4.68. The Bertz CT molecular complexity index is 1790. The fourth-order valence-corrected chi connectivity index (χ4v) is 7.13. The summed E-state index contributed by atoms with van der Waals surface area (Å²) in [5.74, 6) is -3.96. The van der Waals surface area contributed by atoms with Crippen LogP contribution in [0.2, 0.25) is 0 Å². The first-order valence-corrected chi connectivity index (χ1v) is 13.7. The van der Waals surface area contributed by atoms with Crippen molar-refractivity contribution in [1.29, 1.82) is 0 Å². The first kappa shape index (κ1) is 26.5. The highest BCUT2D eigenvalue weighted by Gasteiger charge is 2.58. The molecule has 6 rings (SSSR count). The van der Waals surface area contributed by atoms with Gasteiger partial charge >= 0.3 is 0 Å². The van der Waals surface area contributed by atoms with Crippen LogP contribution in [-0.2, 0) is 20.9 Å². The molecule has 41 heavy (non-hydrogen) atoms. The number of fused-ring (bicyclic) bond motifs is 2. The van der Waals surface area contributed by atoms with Crippen molar-refractivity contribution in [3.63, 3.8) is 0 Å². The van der Waals surface area contributed by atoms with Crippen LogP contribution in [0.25, 0.3) is 21.5 Å². The maximum absolute atomic E-state index is 13.8. The molecule has 0 aliphatic carbocycles.